The fraction of sp³-hybridized carbons (Fsp3) is 0.321. The van der Waals surface area contributed by atoms with E-state index < -0.39 is 11.8 Å². The lowest BCUT2D eigenvalue weighted by Crippen LogP contribution is -2.29. The van der Waals surface area contributed by atoms with Gasteiger partial charge in [0.25, 0.3) is 11.8 Å². The maximum absolute atomic E-state index is 13.7. The van der Waals surface area contributed by atoms with Crippen LogP contribution in [-0.2, 0) is 16.0 Å². The number of nitrogens with zero attached hydrogens (tertiary/aromatic N) is 1. The number of hydrogen-bond acceptors (Lipinski definition) is 6. The second kappa shape index (κ2) is 10.2. The van der Waals surface area contributed by atoms with E-state index in [0.29, 0.717) is 30.4 Å². The molecule has 35 heavy (non-hydrogen) atoms. The normalized spacial score (nSPS) is 12.9. The lowest BCUT2D eigenvalue weighted by Gasteiger charge is -2.18. The number of fused-ring (bicyclic) bond motifs is 2. The van der Waals surface area contributed by atoms with Gasteiger partial charge in [-0.2, -0.15) is 0 Å². The molecule has 0 unspecified atom stereocenters. The van der Waals surface area contributed by atoms with Gasteiger partial charge in [0.05, 0.1) is 42.6 Å². The van der Waals surface area contributed by atoms with Crippen molar-refractivity contribution in [3.63, 3.8) is 0 Å². The van der Waals surface area contributed by atoms with Crippen LogP contribution in [0.1, 0.15) is 60.4 Å². The lowest BCUT2D eigenvalue weighted by atomic mass is 9.98. The molecule has 0 bridgehead atoms. The zero-order chi connectivity index (χ0) is 25.1. The highest BCUT2D eigenvalue weighted by Gasteiger charge is 2.43. The molecule has 7 heteroatoms. The van der Waals surface area contributed by atoms with Crippen LogP contribution in [0.15, 0.2) is 48.5 Å². The fourth-order valence-electron chi connectivity index (χ4n) is 4.19. The quantitative estimate of drug-likeness (QED) is 0.308. The molecular weight excluding hydrogens is 446 g/mol. The van der Waals surface area contributed by atoms with Gasteiger partial charge >= 0.3 is 5.97 Å². The molecule has 4 rings (SSSR count). The molecule has 1 heterocycles. The molecule has 0 N–H and O–H groups in total. The van der Waals surface area contributed by atoms with Crippen LogP contribution < -0.4 is 14.4 Å². The van der Waals surface area contributed by atoms with Crippen LogP contribution in [0.4, 0.5) is 5.69 Å². The van der Waals surface area contributed by atoms with Crippen LogP contribution in [0.25, 0.3) is 10.8 Å². The largest absolute Gasteiger partial charge is 0.492 e. The Hall–Kier alpha value is -3.87. The van der Waals surface area contributed by atoms with Gasteiger partial charge in [-0.25, -0.2) is 4.90 Å². The van der Waals surface area contributed by atoms with Crippen LogP contribution in [0.5, 0.6) is 11.5 Å². The summed E-state index contributed by atoms with van der Waals surface area (Å²) in [5.74, 6) is -0.483. The minimum Gasteiger partial charge on any atom is -0.492 e. The number of benzene rings is 3. The van der Waals surface area contributed by atoms with Crippen LogP contribution >= 0.6 is 0 Å². The SMILES string of the molecule is CCCOc1c2c(c(OC(C)C)c3ccccc13)C(=O)N(c1ccc(CC(=O)OCC)cc1)C2=O. The number of ether oxygens (including phenoxy) is 3. The number of rotatable bonds is 9. The molecule has 0 atom stereocenters. The van der Waals surface area contributed by atoms with Crippen molar-refractivity contribution >= 4 is 34.2 Å². The summed E-state index contributed by atoms with van der Waals surface area (Å²) in [6, 6.07) is 14.2. The van der Waals surface area contributed by atoms with E-state index in [9.17, 15) is 14.4 Å². The lowest BCUT2D eigenvalue weighted by molar-refractivity contribution is -0.142. The van der Waals surface area contributed by atoms with Crippen molar-refractivity contribution in [3.05, 3.63) is 65.2 Å². The summed E-state index contributed by atoms with van der Waals surface area (Å²) in [5.41, 5.74) is 1.56. The first-order valence-electron chi connectivity index (χ1n) is 11.9. The Morgan fingerprint density at radius 1 is 0.886 bits per heavy atom. The molecule has 0 aromatic heterocycles. The third-order valence-electron chi connectivity index (χ3n) is 5.61. The number of carbonyl (C=O) groups excluding carboxylic acids is 3. The first-order valence-corrected chi connectivity index (χ1v) is 11.9. The van der Waals surface area contributed by atoms with Crippen molar-refractivity contribution in [1.29, 1.82) is 0 Å². The molecule has 0 fully saturated rings. The van der Waals surface area contributed by atoms with Gasteiger partial charge in [0.2, 0.25) is 0 Å². The maximum atomic E-state index is 13.7. The van der Waals surface area contributed by atoms with Gasteiger partial charge in [-0.1, -0.05) is 43.3 Å². The smallest absolute Gasteiger partial charge is 0.310 e. The monoisotopic (exact) mass is 475 g/mol. The topological polar surface area (TPSA) is 82.1 Å². The van der Waals surface area contributed by atoms with Gasteiger partial charge in [-0.05, 0) is 44.9 Å². The van der Waals surface area contributed by atoms with Crippen molar-refractivity contribution in [2.45, 2.75) is 46.6 Å². The van der Waals surface area contributed by atoms with E-state index >= 15 is 0 Å². The highest BCUT2D eigenvalue weighted by molar-refractivity contribution is 6.38. The molecular formula is C28H29NO6. The van der Waals surface area contributed by atoms with Crippen LogP contribution in [0.3, 0.4) is 0 Å². The summed E-state index contributed by atoms with van der Waals surface area (Å²) in [7, 11) is 0. The Kier molecular flexibility index (Phi) is 7.05. The van der Waals surface area contributed by atoms with E-state index in [0.717, 1.165) is 27.7 Å². The zero-order valence-electron chi connectivity index (χ0n) is 20.4. The summed E-state index contributed by atoms with van der Waals surface area (Å²) < 4.78 is 17.2. The second-order valence-electron chi connectivity index (χ2n) is 8.56. The van der Waals surface area contributed by atoms with Crippen molar-refractivity contribution in [1.82, 2.24) is 0 Å². The number of esters is 1. The fourth-order valence-corrected chi connectivity index (χ4v) is 4.19. The number of hydrogen-bond donors (Lipinski definition) is 0. The molecule has 3 aromatic carbocycles. The number of imide groups is 1. The van der Waals surface area contributed by atoms with Crippen LogP contribution in [0.2, 0.25) is 0 Å². The van der Waals surface area contributed by atoms with Gasteiger partial charge in [0, 0.05) is 10.8 Å². The third-order valence-corrected chi connectivity index (χ3v) is 5.61. The van der Waals surface area contributed by atoms with Gasteiger partial charge in [0.1, 0.15) is 11.5 Å². The Balaban J connectivity index is 1.82. The molecule has 0 aliphatic carbocycles. The standard InChI is InChI=1S/C28H29NO6/c1-5-15-34-25-20-9-7-8-10-21(20)26(35-17(3)4)24-23(25)27(31)29(28(24)32)19-13-11-18(12-14-19)16-22(30)33-6-2/h7-14,17H,5-6,15-16H2,1-4H3. The molecule has 0 saturated heterocycles. The summed E-state index contributed by atoms with van der Waals surface area (Å²) in [5, 5.41) is 1.45. The van der Waals surface area contributed by atoms with E-state index in [1.165, 1.54) is 0 Å². The van der Waals surface area contributed by atoms with Gasteiger partial charge in [-0.3, -0.25) is 14.4 Å². The molecule has 2 amide bonds. The summed E-state index contributed by atoms with van der Waals surface area (Å²) in [6.07, 6.45) is 0.661. The summed E-state index contributed by atoms with van der Waals surface area (Å²) in [6.45, 7) is 8.21. The molecule has 1 aliphatic rings. The average molecular weight is 476 g/mol. The van der Waals surface area contributed by atoms with E-state index in [1.54, 1.807) is 31.2 Å². The minimum atomic E-state index is -0.467. The second-order valence-corrected chi connectivity index (χ2v) is 8.56. The van der Waals surface area contributed by atoms with Crippen LogP contribution in [-0.4, -0.2) is 37.1 Å². The average Bonchev–Trinajstić information content (AvgIpc) is 3.09. The zero-order valence-corrected chi connectivity index (χ0v) is 20.4. The third kappa shape index (κ3) is 4.58. The van der Waals surface area contributed by atoms with Gasteiger partial charge in [-0.15, -0.1) is 0 Å². The molecule has 0 spiro atoms. The van der Waals surface area contributed by atoms with E-state index in [-0.39, 0.29) is 29.6 Å². The Bertz CT molecular complexity index is 1280. The molecule has 3 aromatic rings. The maximum Gasteiger partial charge on any atom is 0.310 e. The minimum absolute atomic E-state index is 0.114. The van der Waals surface area contributed by atoms with Gasteiger partial charge < -0.3 is 14.2 Å². The number of amides is 2. The Morgan fingerprint density at radius 2 is 1.49 bits per heavy atom. The molecule has 1 aliphatic heterocycles. The Labute approximate surface area is 204 Å². The van der Waals surface area contributed by atoms with E-state index in [2.05, 4.69) is 0 Å². The summed E-state index contributed by atoms with van der Waals surface area (Å²) in [4.78, 5) is 40.4. The van der Waals surface area contributed by atoms with E-state index in [1.807, 2.05) is 45.0 Å². The van der Waals surface area contributed by atoms with Crippen molar-refractivity contribution in [2.75, 3.05) is 18.1 Å². The number of anilines is 1. The molecule has 182 valence electrons. The first kappa shape index (κ1) is 24.3. The van der Waals surface area contributed by atoms with Crippen molar-refractivity contribution in [2.24, 2.45) is 0 Å². The predicted octanol–water partition coefficient (Wildman–Crippen LogP) is 5.32. The molecule has 0 radical (unpaired) electrons. The van der Waals surface area contributed by atoms with Crippen LogP contribution in [0, 0.1) is 0 Å². The Morgan fingerprint density at radius 3 is 2.06 bits per heavy atom. The molecule has 7 nitrogen and oxygen atoms in total. The predicted molar refractivity (Wildman–Crippen MR) is 133 cm³/mol. The van der Waals surface area contributed by atoms with Gasteiger partial charge in [0.15, 0.2) is 0 Å². The van der Waals surface area contributed by atoms with E-state index in [4.69, 9.17) is 14.2 Å². The highest BCUT2D eigenvalue weighted by atomic mass is 16.5. The van der Waals surface area contributed by atoms with Crippen molar-refractivity contribution in [3.8, 4) is 11.5 Å². The number of carbonyl (C=O) groups is 3. The first-order chi connectivity index (χ1) is 16.9. The highest BCUT2D eigenvalue weighted by Crippen LogP contribution is 2.46. The van der Waals surface area contributed by atoms with Crippen molar-refractivity contribution < 1.29 is 28.6 Å². The summed E-state index contributed by atoms with van der Waals surface area (Å²) >= 11 is 0. The molecule has 0 saturated carbocycles.